The van der Waals surface area contributed by atoms with E-state index >= 15 is 0 Å². The van der Waals surface area contributed by atoms with Crippen molar-refractivity contribution in [1.29, 1.82) is 0 Å². The number of aromatic nitrogens is 2. The first-order valence-electron chi connectivity index (χ1n) is 27.0. The van der Waals surface area contributed by atoms with Crippen LogP contribution in [0.2, 0.25) is 0 Å². The molecule has 3 nitrogen and oxygen atoms in total. The van der Waals surface area contributed by atoms with Gasteiger partial charge in [-0.25, -0.2) is 0 Å². The number of para-hydroxylation sites is 3. The molecule has 1 aliphatic rings. The third-order valence-corrected chi connectivity index (χ3v) is 15.3. The monoisotopic (exact) mass is 987 g/mol. The lowest BCUT2D eigenvalue weighted by Gasteiger charge is -2.29. The fraction of sp³-hybridized carbons (Fsp3) is 0.0541. The molecule has 0 spiro atoms. The van der Waals surface area contributed by atoms with Gasteiger partial charge in [0.1, 0.15) is 0 Å². The third-order valence-electron chi connectivity index (χ3n) is 15.3. The number of benzene rings is 11. The quantitative estimate of drug-likeness (QED) is 0.133. The molecule has 0 aliphatic heterocycles. The molecule has 0 atom stereocenters. The number of hydrogen-bond donors (Lipinski definition) is 0. The van der Waals surface area contributed by atoms with Crippen molar-refractivity contribution in [3.8, 4) is 44.8 Å². The Bertz CT molecular complexity index is 4240. The zero-order valence-electron chi connectivity index (χ0n) is 43.2. The molecule has 0 fully saturated rings. The largest absolute Gasteiger partial charge is 0.310 e. The van der Waals surface area contributed by atoms with Crippen LogP contribution in [0.4, 0.5) is 17.1 Å². The van der Waals surface area contributed by atoms with E-state index in [1.807, 2.05) is 6.07 Å². The maximum absolute atomic E-state index is 2.48. The first kappa shape index (κ1) is 47.0. The van der Waals surface area contributed by atoms with Crippen molar-refractivity contribution >= 4 is 66.2 Å². The van der Waals surface area contributed by atoms with E-state index in [9.17, 15) is 0 Å². The number of fused-ring (bicyclic) bond motifs is 7. The summed E-state index contributed by atoms with van der Waals surface area (Å²) in [4.78, 5) is 2.41. The van der Waals surface area contributed by atoms with Gasteiger partial charge in [0.2, 0.25) is 0 Å². The molecule has 1 aliphatic carbocycles. The molecule has 2 heterocycles. The molecule has 77 heavy (non-hydrogen) atoms. The molecule has 3 heteroatoms. The minimum Gasteiger partial charge on any atom is -0.310 e. The fourth-order valence-electron chi connectivity index (χ4n) is 11.4. The van der Waals surface area contributed by atoms with Crippen molar-refractivity contribution in [2.45, 2.75) is 26.2 Å². The maximum Gasteiger partial charge on any atom is 0.0641 e. The molecule has 0 amide bonds. The van der Waals surface area contributed by atoms with E-state index in [4.69, 9.17) is 0 Å². The van der Waals surface area contributed by atoms with Gasteiger partial charge in [0.15, 0.2) is 0 Å². The maximum atomic E-state index is 2.48. The highest BCUT2D eigenvalue weighted by molar-refractivity contribution is 6.26. The van der Waals surface area contributed by atoms with Crippen LogP contribution in [0.25, 0.3) is 93.9 Å². The van der Waals surface area contributed by atoms with Crippen molar-refractivity contribution in [3.63, 3.8) is 0 Å². The smallest absolute Gasteiger partial charge is 0.0641 e. The van der Waals surface area contributed by atoms with E-state index in [2.05, 4.69) is 306 Å². The Kier molecular flexibility index (Phi) is 12.8. The molecule has 13 aromatic rings. The zero-order valence-corrected chi connectivity index (χ0v) is 43.2. The van der Waals surface area contributed by atoms with Gasteiger partial charge in [0, 0.05) is 49.9 Å². The summed E-state index contributed by atoms with van der Waals surface area (Å²) in [6.45, 7) is 2.16. The van der Waals surface area contributed by atoms with Crippen LogP contribution in [0.15, 0.2) is 291 Å². The van der Waals surface area contributed by atoms with Gasteiger partial charge in [-0.2, -0.15) is 0 Å². The minimum atomic E-state index is 1.02. The summed E-state index contributed by atoms with van der Waals surface area (Å²) in [6.07, 6.45) is 9.94. The number of nitrogens with zero attached hydrogens (tertiary/aromatic N) is 3. The van der Waals surface area contributed by atoms with Crippen LogP contribution in [-0.4, -0.2) is 9.13 Å². The summed E-state index contributed by atoms with van der Waals surface area (Å²) in [6, 6.07) is 99.1. The fourth-order valence-corrected chi connectivity index (χ4v) is 11.4. The number of rotatable bonds is 10. The molecule has 0 saturated heterocycles. The first-order valence-corrected chi connectivity index (χ1v) is 27.0. The predicted octanol–water partition coefficient (Wildman–Crippen LogP) is 20.3. The zero-order chi connectivity index (χ0) is 51.5. The van der Waals surface area contributed by atoms with Crippen LogP contribution in [0, 0.1) is 0 Å². The summed E-state index contributed by atoms with van der Waals surface area (Å²) in [5.74, 6) is 0. The van der Waals surface area contributed by atoms with E-state index < -0.39 is 0 Å². The van der Waals surface area contributed by atoms with Crippen LogP contribution in [0.3, 0.4) is 0 Å². The second kappa shape index (κ2) is 20.9. The van der Waals surface area contributed by atoms with E-state index in [-0.39, 0.29) is 0 Å². The Hall–Kier alpha value is -9.70. The Morgan fingerprint density at radius 3 is 1.39 bits per heavy atom. The highest BCUT2D eigenvalue weighted by Crippen LogP contribution is 2.44. The molecule has 0 bridgehead atoms. The lowest BCUT2D eigenvalue weighted by molar-refractivity contribution is 1.05. The Labute approximate surface area is 451 Å². The predicted molar refractivity (Wildman–Crippen MR) is 328 cm³/mol. The van der Waals surface area contributed by atoms with Gasteiger partial charge in [-0.05, 0) is 137 Å². The molecule has 0 N–H and O–H groups in total. The molecular formula is C74H57N3. The first-order chi connectivity index (χ1) is 38.2. The van der Waals surface area contributed by atoms with Gasteiger partial charge in [0.25, 0.3) is 0 Å². The van der Waals surface area contributed by atoms with Crippen LogP contribution in [0.1, 0.15) is 30.9 Å². The summed E-state index contributed by atoms with van der Waals surface area (Å²) in [5.41, 5.74) is 21.7. The van der Waals surface area contributed by atoms with Crippen molar-refractivity contribution in [2.75, 3.05) is 4.90 Å². The second-order valence-electron chi connectivity index (χ2n) is 19.8. The molecule has 0 unspecified atom stereocenters. The molecule has 0 saturated carbocycles. The standard InChI is InChI=1S/C66H47N3.C8H10/c1-4-16-46(17-5-1)48-28-36-53(37-29-48)67(61-25-13-10-22-57(61)52-20-8-3-9-21-52)54-38-30-50(31-39-54)51-34-42-56(43-35-51)69-62-26-14-11-23-58(62)59-44-45-64-65(66(59)69)60-24-12-15-27-63(60)68(64)55-40-32-49(33-41-55)47-18-6-2-7-19-47;1-2-8-6-4-3-5-7-8/h1-8,10-20,22-45H,9,21H2;3-7H,2H2,1H3. The van der Waals surface area contributed by atoms with Crippen molar-refractivity contribution in [2.24, 2.45) is 0 Å². The van der Waals surface area contributed by atoms with Gasteiger partial charge >= 0.3 is 0 Å². The molecule has 2 aromatic heterocycles. The Balaban J connectivity index is 0.000000651. The Morgan fingerprint density at radius 1 is 0.377 bits per heavy atom. The number of allylic oxidation sites excluding steroid dienone is 4. The van der Waals surface area contributed by atoms with E-state index in [0.29, 0.717) is 0 Å². The highest BCUT2D eigenvalue weighted by Gasteiger charge is 2.22. The van der Waals surface area contributed by atoms with Crippen LogP contribution < -0.4 is 4.90 Å². The average molecular weight is 988 g/mol. The molecule has 14 rings (SSSR count). The summed E-state index contributed by atoms with van der Waals surface area (Å²) >= 11 is 0. The van der Waals surface area contributed by atoms with Crippen molar-refractivity contribution in [3.05, 3.63) is 302 Å². The summed E-state index contributed by atoms with van der Waals surface area (Å²) in [7, 11) is 0. The van der Waals surface area contributed by atoms with Gasteiger partial charge in [-0.3, -0.25) is 0 Å². The third kappa shape index (κ3) is 9.02. The number of aryl methyl sites for hydroxylation is 1. The highest BCUT2D eigenvalue weighted by atomic mass is 15.1. The number of hydrogen-bond acceptors (Lipinski definition) is 1. The number of anilines is 3. The van der Waals surface area contributed by atoms with E-state index in [1.54, 1.807) is 0 Å². The van der Waals surface area contributed by atoms with Crippen LogP contribution in [0.5, 0.6) is 0 Å². The van der Waals surface area contributed by atoms with E-state index in [1.165, 1.54) is 99.4 Å². The summed E-state index contributed by atoms with van der Waals surface area (Å²) < 4.78 is 4.91. The van der Waals surface area contributed by atoms with Crippen molar-refractivity contribution < 1.29 is 0 Å². The van der Waals surface area contributed by atoms with Crippen LogP contribution in [-0.2, 0) is 6.42 Å². The average Bonchev–Trinajstić information content (AvgIpc) is 4.25. The van der Waals surface area contributed by atoms with Gasteiger partial charge in [0.05, 0.1) is 27.8 Å². The van der Waals surface area contributed by atoms with Gasteiger partial charge < -0.3 is 14.0 Å². The van der Waals surface area contributed by atoms with Gasteiger partial charge in [-0.1, -0.05) is 225 Å². The van der Waals surface area contributed by atoms with Gasteiger partial charge in [-0.15, -0.1) is 0 Å². The lowest BCUT2D eigenvalue weighted by Crippen LogP contribution is -2.12. The topological polar surface area (TPSA) is 13.1 Å². The molecular weight excluding hydrogens is 931 g/mol. The summed E-state index contributed by atoms with van der Waals surface area (Å²) in [5, 5.41) is 4.98. The molecule has 0 radical (unpaired) electrons. The second-order valence-corrected chi connectivity index (χ2v) is 19.8. The van der Waals surface area contributed by atoms with Crippen molar-refractivity contribution in [1.82, 2.24) is 9.13 Å². The minimum absolute atomic E-state index is 1.02. The lowest BCUT2D eigenvalue weighted by atomic mass is 9.95. The van der Waals surface area contributed by atoms with Crippen LogP contribution >= 0.6 is 0 Å². The van der Waals surface area contributed by atoms with E-state index in [0.717, 1.165) is 42.0 Å². The SMILES string of the molecule is C1=CCCC(c2ccccc2N(c2ccc(-c3ccccc3)cc2)c2ccc(-c3ccc(-n4c5ccccc5c5ccc6c(c7ccccc7n6-c6ccc(-c7ccccc7)cc6)c54)cc3)cc2)=C1.CCc1ccccc1. The Morgan fingerprint density at radius 2 is 0.844 bits per heavy atom. The normalized spacial score (nSPS) is 12.2. The molecule has 368 valence electrons. The molecule has 11 aromatic carbocycles.